The van der Waals surface area contributed by atoms with Gasteiger partial charge in [-0.1, -0.05) is 30.3 Å². The Bertz CT molecular complexity index is 874. The molecule has 0 spiro atoms. The number of nitrogens with zero attached hydrogens (tertiary/aromatic N) is 1. The maximum absolute atomic E-state index is 12.2. The highest BCUT2D eigenvalue weighted by Crippen LogP contribution is 2.29. The number of fused-ring (bicyclic) bond motifs is 1. The highest BCUT2D eigenvalue weighted by molar-refractivity contribution is 6.03. The Morgan fingerprint density at radius 1 is 1.24 bits per heavy atom. The Kier molecular flexibility index (Phi) is 5.00. The molecule has 0 bridgehead atoms. The number of aryl methyl sites for hydroxylation is 1. The summed E-state index contributed by atoms with van der Waals surface area (Å²) in [6.07, 6.45) is 0.679. The lowest BCUT2D eigenvalue weighted by atomic mass is 10.1. The summed E-state index contributed by atoms with van der Waals surface area (Å²) in [5, 5.41) is 0. The van der Waals surface area contributed by atoms with Gasteiger partial charge in [-0.3, -0.25) is 0 Å². The van der Waals surface area contributed by atoms with E-state index in [1.54, 1.807) is 19.1 Å². The van der Waals surface area contributed by atoms with E-state index in [1.165, 1.54) is 7.11 Å². The zero-order valence-electron chi connectivity index (χ0n) is 14.2. The van der Waals surface area contributed by atoms with Crippen LogP contribution >= 0.6 is 0 Å². The van der Waals surface area contributed by atoms with Gasteiger partial charge in [-0.05, 0) is 24.1 Å². The Morgan fingerprint density at radius 3 is 2.72 bits per heavy atom. The summed E-state index contributed by atoms with van der Waals surface area (Å²) in [5.74, 6) is 0.311. The largest absolute Gasteiger partial charge is 0.491 e. The molecule has 6 nitrogen and oxygen atoms in total. The number of hydrogen-bond donors (Lipinski definition) is 1. The van der Waals surface area contributed by atoms with Gasteiger partial charge in [0.15, 0.2) is 11.5 Å². The number of nitrogens with two attached hydrogens (primary N) is 1. The fourth-order valence-corrected chi connectivity index (χ4v) is 2.67. The molecule has 130 valence electrons. The summed E-state index contributed by atoms with van der Waals surface area (Å²) in [5.41, 5.74) is 8.46. The minimum Gasteiger partial charge on any atom is -0.491 e. The number of ether oxygens (including phenoxy) is 2. The van der Waals surface area contributed by atoms with E-state index in [-0.39, 0.29) is 18.2 Å². The predicted molar refractivity (Wildman–Crippen MR) is 93.7 cm³/mol. The fourth-order valence-electron chi connectivity index (χ4n) is 2.67. The van der Waals surface area contributed by atoms with Crippen molar-refractivity contribution in [3.8, 4) is 5.75 Å². The number of carbonyl (C=O) groups is 1. The third kappa shape index (κ3) is 3.80. The molecule has 3 aromatic rings. The van der Waals surface area contributed by atoms with Gasteiger partial charge >= 0.3 is 5.97 Å². The summed E-state index contributed by atoms with van der Waals surface area (Å²) in [4.78, 5) is 16.4. The summed E-state index contributed by atoms with van der Waals surface area (Å²) >= 11 is 0. The first-order chi connectivity index (χ1) is 12.1. The van der Waals surface area contributed by atoms with Crippen LogP contribution in [0.4, 0.5) is 0 Å². The molecular weight excluding hydrogens is 320 g/mol. The van der Waals surface area contributed by atoms with Crippen molar-refractivity contribution in [1.29, 1.82) is 0 Å². The molecule has 3 rings (SSSR count). The minimum atomic E-state index is -0.534. The van der Waals surface area contributed by atoms with Gasteiger partial charge in [0, 0.05) is 13.0 Å². The number of benzene rings is 2. The molecular formula is C19H20N2O4. The lowest BCUT2D eigenvalue weighted by Gasteiger charge is -2.15. The molecule has 25 heavy (non-hydrogen) atoms. The van der Waals surface area contributed by atoms with Crippen LogP contribution in [0.25, 0.3) is 11.1 Å². The molecule has 0 aliphatic rings. The number of carbonyl (C=O) groups excluding carboxylic acids is 1. The molecule has 6 heteroatoms. The van der Waals surface area contributed by atoms with Crippen molar-refractivity contribution < 1.29 is 18.7 Å². The van der Waals surface area contributed by atoms with Gasteiger partial charge in [0.2, 0.25) is 0 Å². The molecule has 2 N–H and O–H groups in total. The van der Waals surface area contributed by atoms with E-state index in [0.29, 0.717) is 29.2 Å². The van der Waals surface area contributed by atoms with E-state index in [2.05, 4.69) is 4.98 Å². The van der Waals surface area contributed by atoms with Crippen molar-refractivity contribution in [3.63, 3.8) is 0 Å². The average Bonchev–Trinajstić information content (AvgIpc) is 2.99. The Hall–Kier alpha value is -2.86. The molecule has 0 saturated heterocycles. The molecule has 1 atom stereocenters. The second-order valence-electron chi connectivity index (χ2n) is 5.77. The van der Waals surface area contributed by atoms with E-state index in [0.717, 1.165) is 5.56 Å². The zero-order chi connectivity index (χ0) is 17.8. The van der Waals surface area contributed by atoms with Crippen LogP contribution in [-0.2, 0) is 11.2 Å². The normalized spacial score (nSPS) is 12.1. The standard InChI is InChI=1S/C19H20N2O4/c1-12-21-15-8-9-16(17(18(15)25-12)19(22)23-2)24-11-14(20)10-13-6-4-3-5-7-13/h3-9,14H,10-11,20H2,1-2H3. The molecule has 1 unspecified atom stereocenters. The summed E-state index contributed by atoms with van der Waals surface area (Å²) in [6.45, 7) is 1.98. The van der Waals surface area contributed by atoms with Crippen molar-refractivity contribution in [3.05, 3.63) is 59.5 Å². The predicted octanol–water partition coefficient (Wildman–Crippen LogP) is 2.87. The number of methoxy groups -OCH3 is 1. The number of esters is 1. The lowest BCUT2D eigenvalue weighted by molar-refractivity contribution is 0.0596. The molecule has 2 aromatic carbocycles. The topological polar surface area (TPSA) is 87.6 Å². The van der Waals surface area contributed by atoms with Crippen LogP contribution in [0.15, 0.2) is 46.9 Å². The highest BCUT2D eigenvalue weighted by Gasteiger charge is 2.22. The molecule has 0 amide bonds. The van der Waals surface area contributed by atoms with Crippen LogP contribution in [0.5, 0.6) is 5.75 Å². The molecule has 1 heterocycles. The molecule has 0 radical (unpaired) electrons. The van der Waals surface area contributed by atoms with E-state index in [9.17, 15) is 4.79 Å². The number of rotatable bonds is 6. The lowest BCUT2D eigenvalue weighted by Crippen LogP contribution is -2.30. The summed E-state index contributed by atoms with van der Waals surface area (Å²) in [7, 11) is 1.31. The third-order valence-corrected chi connectivity index (χ3v) is 3.81. The maximum Gasteiger partial charge on any atom is 0.345 e. The molecule has 0 aliphatic carbocycles. The highest BCUT2D eigenvalue weighted by atomic mass is 16.5. The van der Waals surface area contributed by atoms with Gasteiger partial charge in [-0.25, -0.2) is 9.78 Å². The van der Waals surface area contributed by atoms with E-state index in [4.69, 9.17) is 19.6 Å². The number of aromatic nitrogens is 1. The first kappa shape index (κ1) is 17.0. The number of hydrogen-bond acceptors (Lipinski definition) is 6. The van der Waals surface area contributed by atoms with Crippen molar-refractivity contribution >= 4 is 17.1 Å². The van der Waals surface area contributed by atoms with Crippen molar-refractivity contribution in [2.75, 3.05) is 13.7 Å². The minimum absolute atomic E-state index is 0.208. The number of oxazole rings is 1. The van der Waals surface area contributed by atoms with E-state index < -0.39 is 5.97 Å². The van der Waals surface area contributed by atoms with Crippen LogP contribution < -0.4 is 10.5 Å². The first-order valence-electron chi connectivity index (χ1n) is 7.99. The SMILES string of the molecule is COC(=O)c1c(OCC(N)Cc2ccccc2)ccc2nc(C)oc12. The Balaban J connectivity index is 1.79. The quantitative estimate of drug-likeness (QED) is 0.694. The first-order valence-corrected chi connectivity index (χ1v) is 7.99. The van der Waals surface area contributed by atoms with E-state index >= 15 is 0 Å². The van der Waals surface area contributed by atoms with E-state index in [1.807, 2.05) is 30.3 Å². The second-order valence-corrected chi connectivity index (χ2v) is 5.77. The van der Waals surface area contributed by atoms with Crippen molar-refractivity contribution in [2.45, 2.75) is 19.4 Å². The fraction of sp³-hybridized carbons (Fsp3) is 0.263. The molecule has 0 aliphatic heterocycles. The second kappa shape index (κ2) is 7.36. The average molecular weight is 340 g/mol. The maximum atomic E-state index is 12.2. The van der Waals surface area contributed by atoms with Gasteiger partial charge in [-0.2, -0.15) is 0 Å². The monoisotopic (exact) mass is 340 g/mol. The molecule has 1 aromatic heterocycles. The summed E-state index contributed by atoms with van der Waals surface area (Å²) in [6, 6.07) is 13.2. The molecule has 0 fully saturated rings. The van der Waals surface area contributed by atoms with Crippen LogP contribution in [0, 0.1) is 6.92 Å². The van der Waals surface area contributed by atoms with Crippen LogP contribution in [-0.4, -0.2) is 30.7 Å². The Labute approximate surface area is 145 Å². The third-order valence-electron chi connectivity index (χ3n) is 3.81. The van der Waals surface area contributed by atoms with Gasteiger partial charge in [0.25, 0.3) is 0 Å². The van der Waals surface area contributed by atoms with Crippen molar-refractivity contribution in [2.24, 2.45) is 5.73 Å². The van der Waals surface area contributed by atoms with Crippen LogP contribution in [0.1, 0.15) is 21.8 Å². The van der Waals surface area contributed by atoms with Gasteiger partial charge in [0.05, 0.1) is 7.11 Å². The zero-order valence-corrected chi connectivity index (χ0v) is 14.2. The van der Waals surface area contributed by atoms with Gasteiger partial charge in [-0.15, -0.1) is 0 Å². The van der Waals surface area contributed by atoms with Crippen LogP contribution in [0.3, 0.4) is 0 Å². The van der Waals surface area contributed by atoms with Crippen molar-refractivity contribution in [1.82, 2.24) is 4.98 Å². The van der Waals surface area contributed by atoms with Gasteiger partial charge in [0.1, 0.15) is 23.4 Å². The smallest absolute Gasteiger partial charge is 0.345 e. The van der Waals surface area contributed by atoms with Crippen LogP contribution in [0.2, 0.25) is 0 Å². The Morgan fingerprint density at radius 2 is 2.00 bits per heavy atom. The van der Waals surface area contributed by atoms with Gasteiger partial charge < -0.3 is 19.6 Å². The molecule has 0 saturated carbocycles. The summed E-state index contributed by atoms with van der Waals surface area (Å²) < 4.78 is 16.2.